The average Bonchev–Trinajstić information content (AvgIpc) is 2.87. The molecule has 0 amide bonds. The highest BCUT2D eigenvalue weighted by molar-refractivity contribution is 5.13. The van der Waals surface area contributed by atoms with Gasteiger partial charge in [0.25, 0.3) is 5.79 Å². The van der Waals surface area contributed by atoms with E-state index in [9.17, 15) is 40.9 Å². The lowest BCUT2D eigenvalue weighted by Gasteiger charge is -2.52. The second kappa shape index (κ2) is 6.34. The molecule has 11 nitrogen and oxygen atoms in total. The van der Waals surface area contributed by atoms with Crippen LogP contribution >= 0.6 is 0 Å². The summed E-state index contributed by atoms with van der Waals surface area (Å²) in [5.74, 6) is -4.04. The van der Waals surface area contributed by atoms with Crippen molar-refractivity contribution >= 4 is 0 Å². The Balaban J connectivity index is 1.84. The van der Waals surface area contributed by atoms with Crippen molar-refractivity contribution in [3.8, 4) is 0 Å². The van der Waals surface area contributed by atoms with E-state index in [-0.39, 0.29) is 12.8 Å². The van der Waals surface area contributed by atoms with Crippen LogP contribution < -0.4 is 0 Å². The maximum atomic E-state index is 10.5. The van der Waals surface area contributed by atoms with E-state index >= 15 is 0 Å². The van der Waals surface area contributed by atoms with E-state index in [2.05, 4.69) is 0 Å². The second-order valence-corrected chi connectivity index (χ2v) is 7.21. The molecule has 26 heavy (non-hydrogen) atoms. The van der Waals surface area contributed by atoms with E-state index in [1.807, 2.05) is 0 Å². The molecule has 0 bridgehead atoms. The summed E-state index contributed by atoms with van der Waals surface area (Å²) >= 11 is 0. The molecule has 11 heteroatoms. The topological polar surface area (TPSA) is 190 Å². The normalized spacial score (nSPS) is 54.2. The minimum atomic E-state index is -3.09. The molecule has 1 aliphatic carbocycles. The Morgan fingerprint density at radius 2 is 1.77 bits per heavy atom. The third-order valence-corrected chi connectivity index (χ3v) is 5.51. The summed E-state index contributed by atoms with van der Waals surface area (Å²) in [6.07, 6.45) is -7.83. The molecule has 9 atom stereocenters. The number of hydrogen-bond acceptors (Lipinski definition) is 11. The quantitative estimate of drug-likeness (QED) is 0.224. The van der Waals surface area contributed by atoms with E-state index in [4.69, 9.17) is 14.2 Å². The summed E-state index contributed by atoms with van der Waals surface area (Å²) in [5.41, 5.74) is -4.07. The Morgan fingerprint density at radius 3 is 2.38 bits per heavy atom. The van der Waals surface area contributed by atoms with Crippen molar-refractivity contribution in [2.24, 2.45) is 5.92 Å². The SMILES string of the molecule is C[C@]1(O)[C@H](O)[C@@H](O)[C@@H](OC2OC=C[C@]3(O)CC[C@@H](O)[C@@H]23)O[C@@]1(O)C(O)O. The van der Waals surface area contributed by atoms with Crippen molar-refractivity contribution in [1.29, 1.82) is 0 Å². The van der Waals surface area contributed by atoms with Gasteiger partial charge in [-0.05, 0) is 25.8 Å². The highest BCUT2D eigenvalue weighted by Crippen LogP contribution is 2.45. The maximum Gasteiger partial charge on any atom is 0.252 e. The molecule has 150 valence electrons. The fourth-order valence-corrected chi connectivity index (χ4v) is 3.73. The Bertz CT molecular complexity index is 566. The predicted molar refractivity (Wildman–Crippen MR) is 79.5 cm³/mol. The van der Waals surface area contributed by atoms with Gasteiger partial charge in [-0.3, -0.25) is 0 Å². The Hall–Kier alpha value is -0.860. The zero-order valence-electron chi connectivity index (χ0n) is 13.9. The molecule has 1 unspecified atom stereocenters. The zero-order chi connectivity index (χ0) is 19.5. The van der Waals surface area contributed by atoms with E-state index in [1.165, 1.54) is 6.08 Å². The lowest BCUT2D eigenvalue weighted by molar-refractivity contribution is -0.470. The predicted octanol–water partition coefficient (Wildman–Crippen LogP) is -3.80. The molecule has 0 aromatic carbocycles. The van der Waals surface area contributed by atoms with Crippen molar-refractivity contribution in [3.05, 3.63) is 12.3 Å². The second-order valence-electron chi connectivity index (χ2n) is 7.21. The van der Waals surface area contributed by atoms with Crippen LogP contribution in [0.5, 0.6) is 0 Å². The van der Waals surface area contributed by atoms with Crippen LogP contribution in [-0.2, 0) is 14.2 Å². The van der Waals surface area contributed by atoms with E-state index in [0.29, 0.717) is 0 Å². The van der Waals surface area contributed by atoms with Gasteiger partial charge < -0.3 is 55.1 Å². The van der Waals surface area contributed by atoms with Crippen LogP contribution in [0.2, 0.25) is 0 Å². The van der Waals surface area contributed by atoms with Gasteiger partial charge in [0.2, 0.25) is 12.6 Å². The van der Waals surface area contributed by atoms with Gasteiger partial charge in [0, 0.05) is 0 Å². The van der Waals surface area contributed by atoms with E-state index in [1.54, 1.807) is 0 Å². The van der Waals surface area contributed by atoms with Gasteiger partial charge in [-0.15, -0.1) is 0 Å². The largest absolute Gasteiger partial charge is 0.472 e. The molecule has 3 rings (SSSR count). The molecule has 0 spiro atoms. The molecule has 2 fully saturated rings. The van der Waals surface area contributed by atoms with Gasteiger partial charge in [-0.25, -0.2) is 0 Å². The Labute approximate surface area is 148 Å². The number of fused-ring (bicyclic) bond motifs is 1. The van der Waals surface area contributed by atoms with Gasteiger partial charge >= 0.3 is 0 Å². The lowest BCUT2D eigenvalue weighted by atomic mass is 9.82. The molecular weight excluding hydrogens is 356 g/mol. The average molecular weight is 380 g/mol. The summed E-state index contributed by atoms with van der Waals surface area (Å²) in [4.78, 5) is 0. The molecule has 0 aromatic heterocycles. The molecule has 2 heterocycles. The Kier molecular flexibility index (Phi) is 4.85. The van der Waals surface area contributed by atoms with Gasteiger partial charge in [0.1, 0.15) is 17.8 Å². The monoisotopic (exact) mass is 380 g/mol. The molecular formula is C15H24O11. The summed E-state index contributed by atoms with van der Waals surface area (Å²) in [7, 11) is 0. The van der Waals surface area contributed by atoms with Gasteiger partial charge in [-0.2, -0.15) is 0 Å². The van der Waals surface area contributed by atoms with Crippen LogP contribution in [0.25, 0.3) is 0 Å². The molecule has 0 radical (unpaired) electrons. The number of rotatable bonds is 3. The van der Waals surface area contributed by atoms with Crippen LogP contribution in [-0.4, -0.2) is 95.0 Å². The fraction of sp³-hybridized carbons (Fsp3) is 0.867. The van der Waals surface area contributed by atoms with Crippen molar-refractivity contribution in [1.82, 2.24) is 0 Å². The highest BCUT2D eigenvalue weighted by atomic mass is 16.8. The summed E-state index contributed by atoms with van der Waals surface area (Å²) < 4.78 is 15.6. The van der Waals surface area contributed by atoms with E-state index in [0.717, 1.165) is 13.2 Å². The number of ether oxygens (including phenoxy) is 3. The van der Waals surface area contributed by atoms with Crippen molar-refractivity contribution in [2.75, 3.05) is 0 Å². The smallest absolute Gasteiger partial charge is 0.252 e. The summed E-state index contributed by atoms with van der Waals surface area (Å²) in [6, 6.07) is 0. The maximum absolute atomic E-state index is 10.5. The standard InChI is InChI=1S/C15H24O11/c1-13(21)9(18)8(17)11(26-15(13,23)12(19)20)25-10-7-6(16)2-3-14(7,22)4-5-24-10/h4-12,16-23H,2-3H2,1H3/t6-,7+,8-,9-,10?,11+,13+,14-,15+/m1/s1. The van der Waals surface area contributed by atoms with Crippen LogP contribution in [0, 0.1) is 5.92 Å². The van der Waals surface area contributed by atoms with Crippen LogP contribution in [0.3, 0.4) is 0 Å². The van der Waals surface area contributed by atoms with Gasteiger partial charge in [-0.1, -0.05) is 0 Å². The first-order valence-electron chi connectivity index (χ1n) is 8.18. The molecule has 1 saturated heterocycles. The first-order valence-corrected chi connectivity index (χ1v) is 8.18. The summed E-state index contributed by atoms with van der Waals surface area (Å²) in [5, 5.41) is 80.1. The third-order valence-electron chi connectivity index (χ3n) is 5.51. The lowest BCUT2D eigenvalue weighted by Crippen LogP contribution is -2.75. The summed E-state index contributed by atoms with van der Waals surface area (Å²) in [6.45, 7) is 0.843. The first-order chi connectivity index (χ1) is 11.9. The molecule has 2 aliphatic heterocycles. The van der Waals surface area contributed by atoms with Crippen molar-refractivity contribution in [2.45, 2.75) is 73.9 Å². The minimum absolute atomic E-state index is 0.239. The highest BCUT2D eigenvalue weighted by Gasteiger charge is 2.65. The van der Waals surface area contributed by atoms with Crippen LogP contribution in [0.4, 0.5) is 0 Å². The number of hydrogen-bond donors (Lipinski definition) is 8. The molecule has 0 aromatic rings. The number of aliphatic hydroxyl groups is 8. The fourth-order valence-electron chi connectivity index (χ4n) is 3.73. The van der Waals surface area contributed by atoms with E-state index < -0.39 is 60.1 Å². The van der Waals surface area contributed by atoms with Gasteiger partial charge in [0.15, 0.2) is 6.29 Å². The minimum Gasteiger partial charge on any atom is -0.472 e. The molecule has 8 N–H and O–H groups in total. The molecule has 3 aliphatic rings. The van der Waals surface area contributed by atoms with Gasteiger partial charge in [0.05, 0.1) is 23.9 Å². The van der Waals surface area contributed by atoms with Crippen molar-refractivity contribution in [3.63, 3.8) is 0 Å². The van der Waals surface area contributed by atoms with Crippen LogP contribution in [0.15, 0.2) is 12.3 Å². The Morgan fingerprint density at radius 1 is 1.12 bits per heavy atom. The number of aliphatic hydroxyl groups excluding tert-OH is 4. The van der Waals surface area contributed by atoms with Crippen LogP contribution in [0.1, 0.15) is 19.8 Å². The zero-order valence-corrected chi connectivity index (χ0v) is 13.9. The first kappa shape index (κ1) is 19.9. The van der Waals surface area contributed by atoms with Crippen molar-refractivity contribution < 1.29 is 55.1 Å². The third kappa shape index (κ3) is 2.76. The molecule has 1 saturated carbocycles.